The van der Waals surface area contributed by atoms with Crippen molar-refractivity contribution in [3.8, 4) is 0 Å². The van der Waals surface area contributed by atoms with Crippen LogP contribution in [0.3, 0.4) is 0 Å². The molecule has 1 amide bonds. The molecule has 8 N–H and O–H groups in total. The first-order valence-corrected chi connectivity index (χ1v) is 23.3. The zero-order chi connectivity index (χ0) is 41.4. The van der Waals surface area contributed by atoms with Gasteiger partial charge in [-0.25, -0.2) is 0 Å². The summed E-state index contributed by atoms with van der Waals surface area (Å²) in [7, 11) is 0. The minimum Gasteiger partial charge on any atom is -0.394 e. The van der Waals surface area contributed by atoms with E-state index in [1.165, 1.54) is 122 Å². The van der Waals surface area contributed by atoms with Gasteiger partial charge in [-0.05, 0) is 18.8 Å². The predicted molar refractivity (Wildman–Crippen MR) is 224 cm³/mol. The Balaban J connectivity index is 2.42. The summed E-state index contributed by atoms with van der Waals surface area (Å²) in [6.07, 6.45) is 21.6. The SMILES string of the molecule is CCCCCCCCCCCCCCCCCCCC[C@@H](O)C(=O)N[C@@H](CO[C@@H]1O[C@H](CO)[C@H](O)[C@H](O)[C@H]1O)[C@H](O)[C@H](O)CCCCCCCCCC(C)CC. The first-order valence-electron chi connectivity index (χ1n) is 23.3. The van der Waals surface area contributed by atoms with Crippen molar-refractivity contribution in [1.82, 2.24) is 5.32 Å². The van der Waals surface area contributed by atoms with Gasteiger partial charge in [-0.15, -0.1) is 0 Å². The summed E-state index contributed by atoms with van der Waals surface area (Å²) >= 11 is 0. The molecule has 0 radical (unpaired) electrons. The molecule has 10 atom stereocenters. The molecule has 0 saturated carbocycles. The zero-order valence-electron chi connectivity index (χ0n) is 36.0. The van der Waals surface area contributed by atoms with E-state index < -0.39 is 74.2 Å². The maximum absolute atomic E-state index is 13.1. The molecular weight excluding hydrogens is 714 g/mol. The van der Waals surface area contributed by atoms with Crippen molar-refractivity contribution in [3.63, 3.8) is 0 Å². The van der Waals surface area contributed by atoms with Gasteiger partial charge in [0.1, 0.15) is 36.6 Å². The number of amides is 1. The van der Waals surface area contributed by atoms with Crippen molar-refractivity contribution in [2.75, 3.05) is 13.2 Å². The Morgan fingerprint density at radius 2 is 1.04 bits per heavy atom. The molecule has 1 unspecified atom stereocenters. The van der Waals surface area contributed by atoms with E-state index in [1.807, 2.05) is 0 Å². The van der Waals surface area contributed by atoms with Crippen molar-refractivity contribution in [1.29, 1.82) is 0 Å². The second kappa shape index (κ2) is 34.9. The topological polar surface area (TPSA) is 189 Å². The van der Waals surface area contributed by atoms with Crippen LogP contribution in [-0.4, -0.2) is 110 Å². The minimum atomic E-state index is -1.66. The lowest BCUT2D eigenvalue weighted by Crippen LogP contribution is -2.60. The third-order valence-corrected chi connectivity index (χ3v) is 12.0. The number of aliphatic hydroxyl groups is 7. The molecule has 334 valence electrons. The Hall–Kier alpha value is -0.890. The summed E-state index contributed by atoms with van der Waals surface area (Å²) in [6, 6.07) is -1.16. The molecule has 1 aliphatic heterocycles. The number of rotatable bonds is 38. The Bertz CT molecular complexity index is 897. The summed E-state index contributed by atoms with van der Waals surface area (Å²) in [5.41, 5.74) is 0. The fraction of sp³-hybridized carbons (Fsp3) is 0.978. The molecule has 11 nitrogen and oxygen atoms in total. The van der Waals surface area contributed by atoms with E-state index in [1.54, 1.807) is 0 Å². The third-order valence-electron chi connectivity index (χ3n) is 12.0. The number of nitrogens with one attached hydrogen (secondary N) is 1. The van der Waals surface area contributed by atoms with Gasteiger partial charge >= 0.3 is 0 Å². The number of carbonyl (C=O) groups is 1. The largest absolute Gasteiger partial charge is 0.394 e. The van der Waals surface area contributed by atoms with Crippen LogP contribution in [0.5, 0.6) is 0 Å². The van der Waals surface area contributed by atoms with Gasteiger partial charge in [0.15, 0.2) is 6.29 Å². The lowest BCUT2D eigenvalue weighted by Gasteiger charge is -2.40. The lowest BCUT2D eigenvalue weighted by molar-refractivity contribution is -0.303. The second-order valence-electron chi connectivity index (χ2n) is 17.1. The number of hydrogen-bond donors (Lipinski definition) is 8. The first-order chi connectivity index (χ1) is 27.1. The normalized spacial score (nSPS) is 22.8. The smallest absolute Gasteiger partial charge is 0.249 e. The summed E-state index contributed by atoms with van der Waals surface area (Å²) in [4.78, 5) is 13.1. The summed E-state index contributed by atoms with van der Waals surface area (Å²) in [5.74, 6) is 0.0831. The number of unbranched alkanes of at least 4 members (excludes halogenated alkanes) is 23. The van der Waals surface area contributed by atoms with Gasteiger partial charge in [-0.3, -0.25) is 4.79 Å². The predicted octanol–water partition coefficient (Wildman–Crippen LogP) is 7.36. The average molecular weight is 804 g/mol. The van der Waals surface area contributed by atoms with Gasteiger partial charge in [0, 0.05) is 0 Å². The van der Waals surface area contributed by atoms with E-state index in [0.717, 1.165) is 44.4 Å². The van der Waals surface area contributed by atoms with Gasteiger partial charge in [0.05, 0.1) is 25.4 Å². The van der Waals surface area contributed by atoms with Gasteiger partial charge in [-0.2, -0.15) is 0 Å². The molecular formula is C45H89NO10. The first kappa shape index (κ1) is 53.1. The second-order valence-corrected chi connectivity index (χ2v) is 17.1. The number of hydrogen-bond acceptors (Lipinski definition) is 10. The molecule has 0 bridgehead atoms. The van der Waals surface area contributed by atoms with Crippen LogP contribution >= 0.6 is 0 Å². The van der Waals surface area contributed by atoms with Crippen molar-refractivity contribution < 1.29 is 50.0 Å². The molecule has 11 heteroatoms. The van der Waals surface area contributed by atoms with E-state index in [-0.39, 0.29) is 6.42 Å². The van der Waals surface area contributed by atoms with Crippen LogP contribution in [0.15, 0.2) is 0 Å². The molecule has 0 aromatic carbocycles. The van der Waals surface area contributed by atoms with Gasteiger partial charge in [0.2, 0.25) is 5.91 Å². The maximum Gasteiger partial charge on any atom is 0.249 e. The number of carbonyl (C=O) groups excluding carboxylic acids is 1. The average Bonchev–Trinajstić information content (AvgIpc) is 3.20. The molecule has 1 saturated heterocycles. The Morgan fingerprint density at radius 1 is 0.607 bits per heavy atom. The van der Waals surface area contributed by atoms with Crippen LogP contribution in [0.2, 0.25) is 0 Å². The highest BCUT2D eigenvalue weighted by molar-refractivity contribution is 5.80. The van der Waals surface area contributed by atoms with Gasteiger partial charge in [0.25, 0.3) is 0 Å². The zero-order valence-corrected chi connectivity index (χ0v) is 36.0. The van der Waals surface area contributed by atoms with E-state index in [4.69, 9.17) is 9.47 Å². The van der Waals surface area contributed by atoms with Crippen molar-refractivity contribution >= 4 is 5.91 Å². The Morgan fingerprint density at radius 3 is 1.48 bits per heavy atom. The van der Waals surface area contributed by atoms with E-state index in [9.17, 15) is 40.5 Å². The Labute approximate surface area is 341 Å². The molecule has 56 heavy (non-hydrogen) atoms. The lowest BCUT2D eigenvalue weighted by atomic mass is 9.98. The fourth-order valence-corrected chi connectivity index (χ4v) is 7.65. The number of aliphatic hydroxyl groups excluding tert-OH is 7. The van der Waals surface area contributed by atoms with E-state index in [2.05, 4.69) is 26.1 Å². The van der Waals surface area contributed by atoms with Crippen LogP contribution in [0.4, 0.5) is 0 Å². The third kappa shape index (κ3) is 24.9. The maximum atomic E-state index is 13.1. The van der Waals surface area contributed by atoms with E-state index in [0.29, 0.717) is 19.3 Å². The molecule has 1 aliphatic rings. The fourth-order valence-electron chi connectivity index (χ4n) is 7.65. The van der Waals surface area contributed by atoms with Crippen molar-refractivity contribution in [2.45, 2.75) is 262 Å². The molecule has 1 rings (SSSR count). The van der Waals surface area contributed by atoms with Crippen LogP contribution in [0.25, 0.3) is 0 Å². The molecule has 0 spiro atoms. The summed E-state index contributed by atoms with van der Waals surface area (Å²) in [6.45, 7) is 5.74. The van der Waals surface area contributed by atoms with Crippen molar-refractivity contribution in [3.05, 3.63) is 0 Å². The standard InChI is InChI=1S/C45H89NO10/c1-4-6-7-8-9-10-11-12-13-14-15-16-17-18-19-22-26-29-32-38(49)44(54)46-36(34-55-45-43(53)42(52)41(51)39(33-47)56-45)40(50)37(48)31-28-25-23-20-21-24-27-30-35(3)5-2/h35-43,45,47-53H,4-34H2,1-3H3,(H,46,54)/t35?,36-,37+,38+,39+,40-,41-,42-,43+,45+/m0/s1. The minimum absolute atomic E-state index is 0.265. The van der Waals surface area contributed by atoms with Crippen LogP contribution < -0.4 is 5.32 Å². The van der Waals surface area contributed by atoms with Crippen LogP contribution in [-0.2, 0) is 14.3 Å². The van der Waals surface area contributed by atoms with Gasteiger partial charge in [-0.1, -0.05) is 194 Å². The molecule has 0 aliphatic carbocycles. The highest BCUT2D eigenvalue weighted by Crippen LogP contribution is 2.23. The molecule has 1 fully saturated rings. The summed E-state index contributed by atoms with van der Waals surface area (Å²) < 4.78 is 11.1. The highest BCUT2D eigenvalue weighted by atomic mass is 16.7. The molecule has 1 heterocycles. The molecule has 0 aromatic heterocycles. The highest BCUT2D eigenvalue weighted by Gasteiger charge is 2.44. The van der Waals surface area contributed by atoms with Crippen LogP contribution in [0.1, 0.15) is 207 Å². The van der Waals surface area contributed by atoms with Gasteiger partial charge < -0.3 is 50.5 Å². The summed E-state index contributed by atoms with van der Waals surface area (Å²) in [5, 5.41) is 75.6. The quantitative estimate of drug-likeness (QED) is 0.0293. The molecule has 0 aromatic rings. The monoisotopic (exact) mass is 804 g/mol. The van der Waals surface area contributed by atoms with E-state index >= 15 is 0 Å². The van der Waals surface area contributed by atoms with Crippen molar-refractivity contribution in [2.24, 2.45) is 5.92 Å². The Kier molecular flexibility index (Phi) is 33.1. The van der Waals surface area contributed by atoms with Crippen LogP contribution in [0, 0.1) is 5.92 Å². The number of ether oxygens (including phenoxy) is 2.